The third-order valence-electron chi connectivity index (χ3n) is 6.13. The van der Waals surface area contributed by atoms with E-state index >= 15 is 0 Å². The number of carbonyl (C=O) groups is 1. The number of anilines is 1. The van der Waals surface area contributed by atoms with Crippen LogP contribution in [0.1, 0.15) is 48.1 Å². The van der Waals surface area contributed by atoms with Crippen LogP contribution in [-0.2, 0) is 0 Å². The van der Waals surface area contributed by atoms with Crippen LogP contribution in [0.5, 0.6) is 0 Å². The highest BCUT2D eigenvalue weighted by Crippen LogP contribution is 2.32. The minimum absolute atomic E-state index is 0.134. The first kappa shape index (κ1) is 23.0. The number of nitrogens with one attached hydrogen (secondary N) is 3. The van der Waals surface area contributed by atoms with Gasteiger partial charge in [0.1, 0.15) is 5.65 Å². The number of fused-ring (bicyclic) bond motifs is 1. The molecule has 5 rings (SSSR count). The summed E-state index contributed by atoms with van der Waals surface area (Å²) in [5, 5.41) is 9.19. The van der Waals surface area contributed by atoms with Crippen LogP contribution in [0, 0.1) is 0 Å². The Balaban J connectivity index is 1.44. The molecule has 4 aromatic rings. The number of H-pyrrole nitrogens is 1. The highest BCUT2D eigenvalue weighted by Gasteiger charge is 2.20. The Bertz CT molecular complexity index is 1310. The zero-order chi connectivity index (χ0) is 23.5. The number of nitrogens with zero attached hydrogens (tertiary/aromatic N) is 3. The Labute approximate surface area is 207 Å². The van der Waals surface area contributed by atoms with Gasteiger partial charge in [-0.3, -0.25) is 9.48 Å². The number of aromatic nitrogens is 4. The summed E-state index contributed by atoms with van der Waals surface area (Å²) in [5.74, 6) is 0.823. The van der Waals surface area contributed by atoms with E-state index < -0.39 is 0 Å². The second kappa shape index (κ2) is 10.2. The maximum Gasteiger partial charge on any atom is 0.196 e. The molecule has 0 atom stereocenters. The number of ketones is 1. The van der Waals surface area contributed by atoms with Crippen molar-refractivity contribution in [2.24, 2.45) is 0 Å². The minimum Gasteiger partial charge on any atom is -0.345 e. The van der Waals surface area contributed by atoms with Gasteiger partial charge in [-0.25, -0.2) is 4.98 Å². The standard InChI is InChI=1S/C25H27ClN6OS/c1-2-10-34-31-22-5-3-4-19(23(22)26)24(33)21-14-29-25-20(21)11-16(12-28-25)17-13-30-32(15-17)18-6-8-27-9-7-18/h3-5,11-15,18,27,31H,2,6-10H2,1H3,(H,28,29). The van der Waals surface area contributed by atoms with E-state index in [0.29, 0.717) is 27.8 Å². The lowest BCUT2D eigenvalue weighted by Gasteiger charge is -2.22. The van der Waals surface area contributed by atoms with Gasteiger partial charge in [0.15, 0.2) is 5.78 Å². The summed E-state index contributed by atoms with van der Waals surface area (Å²) in [6.07, 6.45) is 10.7. The largest absolute Gasteiger partial charge is 0.345 e. The van der Waals surface area contributed by atoms with E-state index in [1.54, 1.807) is 24.2 Å². The van der Waals surface area contributed by atoms with Crippen LogP contribution < -0.4 is 10.0 Å². The Hall–Kier alpha value is -2.81. The summed E-state index contributed by atoms with van der Waals surface area (Å²) in [5.41, 5.74) is 4.35. The molecule has 1 saturated heterocycles. The maximum atomic E-state index is 13.5. The van der Waals surface area contributed by atoms with E-state index in [2.05, 4.69) is 42.9 Å². The second-order valence-corrected chi connectivity index (χ2v) is 9.74. The molecule has 9 heteroatoms. The van der Waals surface area contributed by atoms with Crippen LogP contribution in [0.15, 0.2) is 49.1 Å². The molecule has 34 heavy (non-hydrogen) atoms. The first-order chi connectivity index (χ1) is 16.7. The van der Waals surface area contributed by atoms with Crippen LogP contribution in [0.4, 0.5) is 5.69 Å². The lowest BCUT2D eigenvalue weighted by atomic mass is 10.0. The van der Waals surface area contributed by atoms with Crippen LogP contribution in [0.3, 0.4) is 0 Å². The van der Waals surface area contributed by atoms with E-state index in [4.69, 9.17) is 11.6 Å². The molecule has 7 nitrogen and oxygen atoms in total. The number of aromatic amines is 1. The molecule has 3 N–H and O–H groups in total. The van der Waals surface area contributed by atoms with Gasteiger partial charge in [0, 0.05) is 52.0 Å². The summed E-state index contributed by atoms with van der Waals surface area (Å²) in [6, 6.07) is 7.91. The molecule has 0 aliphatic carbocycles. The molecular weight excluding hydrogens is 468 g/mol. The average Bonchev–Trinajstić information content (AvgIpc) is 3.53. The number of pyridine rings is 1. The maximum absolute atomic E-state index is 13.5. The van der Waals surface area contributed by atoms with Gasteiger partial charge in [-0.05, 0) is 50.6 Å². The fraction of sp³-hybridized carbons (Fsp3) is 0.320. The summed E-state index contributed by atoms with van der Waals surface area (Å²) in [4.78, 5) is 21.2. The molecule has 176 valence electrons. The molecule has 0 amide bonds. The smallest absolute Gasteiger partial charge is 0.196 e. The Morgan fingerprint density at radius 1 is 1.24 bits per heavy atom. The normalized spacial score (nSPS) is 14.5. The lowest BCUT2D eigenvalue weighted by molar-refractivity contribution is 0.104. The van der Waals surface area contributed by atoms with Gasteiger partial charge in [0.25, 0.3) is 0 Å². The number of benzene rings is 1. The van der Waals surface area contributed by atoms with Crippen molar-refractivity contribution in [1.82, 2.24) is 25.1 Å². The molecule has 1 aliphatic rings. The molecule has 1 aliphatic heterocycles. The number of halogens is 1. The van der Waals surface area contributed by atoms with Crippen molar-refractivity contribution in [3.63, 3.8) is 0 Å². The van der Waals surface area contributed by atoms with Crippen molar-refractivity contribution in [3.05, 3.63) is 65.2 Å². The third kappa shape index (κ3) is 4.58. The van der Waals surface area contributed by atoms with Crippen LogP contribution >= 0.6 is 23.5 Å². The zero-order valence-corrected chi connectivity index (χ0v) is 20.5. The molecule has 3 aromatic heterocycles. The lowest BCUT2D eigenvalue weighted by Crippen LogP contribution is -2.29. The SMILES string of the molecule is CCCSNc1cccc(C(=O)c2c[nH]c3ncc(-c4cnn(C5CCNCC5)c4)cc23)c1Cl. The number of piperidine rings is 1. The molecule has 0 saturated carbocycles. The molecule has 0 spiro atoms. The summed E-state index contributed by atoms with van der Waals surface area (Å²) in [7, 11) is 0. The van der Waals surface area contributed by atoms with Gasteiger partial charge in [-0.2, -0.15) is 5.10 Å². The van der Waals surface area contributed by atoms with Gasteiger partial charge in [0.2, 0.25) is 0 Å². The first-order valence-electron chi connectivity index (χ1n) is 11.6. The highest BCUT2D eigenvalue weighted by molar-refractivity contribution is 8.00. The monoisotopic (exact) mass is 494 g/mol. The quantitative estimate of drug-likeness (QED) is 0.165. The molecule has 4 heterocycles. The van der Waals surface area contributed by atoms with Crippen molar-refractivity contribution >= 4 is 46.1 Å². The fourth-order valence-corrected chi connectivity index (χ4v) is 5.22. The Kier molecular flexibility index (Phi) is 6.89. The number of hydrogen-bond donors (Lipinski definition) is 3. The molecule has 0 bridgehead atoms. The third-order valence-corrected chi connectivity index (χ3v) is 7.51. The van der Waals surface area contributed by atoms with Gasteiger partial charge in [0.05, 0.1) is 22.9 Å². The summed E-state index contributed by atoms with van der Waals surface area (Å²) < 4.78 is 5.30. The van der Waals surface area contributed by atoms with Gasteiger partial charge in [-0.15, -0.1) is 0 Å². The predicted octanol–water partition coefficient (Wildman–Crippen LogP) is 5.71. The minimum atomic E-state index is -0.134. The molecule has 0 radical (unpaired) electrons. The Morgan fingerprint density at radius 2 is 2.09 bits per heavy atom. The zero-order valence-electron chi connectivity index (χ0n) is 19.0. The Morgan fingerprint density at radius 3 is 2.91 bits per heavy atom. The van der Waals surface area contributed by atoms with E-state index in [0.717, 1.165) is 60.3 Å². The van der Waals surface area contributed by atoms with Crippen molar-refractivity contribution in [2.75, 3.05) is 23.6 Å². The fourth-order valence-electron chi connectivity index (χ4n) is 4.27. The van der Waals surface area contributed by atoms with Gasteiger partial charge in [-0.1, -0.05) is 36.5 Å². The first-order valence-corrected chi connectivity index (χ1v) is 13.0. The highest BCUT2D eigenvalue weighted by atomic mass is 35.5. The molecule has 1 fully saturated rings. The van der Waals surface area contributed by atoms with Crippen molar-refractivity contribution in [3.8, 4) is 11.1 Å². The second-order valence-electron chi connectivity index (χ2n) is 8.46. The predicted molar refractivity (Wildman–Crippen MR) is 140 cm³/mol. The van der Waals surface area contributed by atoms with Crippen LogP contribution in [-0.4, -0.2) is 44.4 Å². The number of rotatable bonds is 8. The van der Waals surface area contributed by atoms with E-state index in [1.165, 1.54) is 0 Å². The van der Waals surface area contributed by atoms with Gasteiger partial charge < -0.3 is 15.0 Å². The molecule has 0 unspecified atom stereocenters. The molecule has 1 aromatic carbocycles. The average molecular weight is 495 g/mol. The van der Waals surface area contributed by atoms with E-state index in [9.17, 15) is 4.79 Å². The summed E-state index contributed by atoms with van der Waals surface area (Å²) >= 11 is 8.20. The van der Waals surface area contributed by atoms with E-state index in [-0.39, 0.29) is 5.78 Å². The van der Waals surface area contributed by atoms with Crippen molar-refractivity contribution in [2.45, 2.75) is 32.2 Å². The number of hydrogen-bond acceptors (Lipinski definition) is 6. The molecular formula is C25H27ClN6OS. The topological polar surface area (TPSA) is 87.6 Å². The van der Waals surface area contributed by atoms with Gasteiger partial charge >= 0.3 is 0 Å². The summed E-state index contributed by atoms with van der Waals surface area (Å²) in [6.45, 7) is 4.14. The van der Waals surface area contributed by atoms with Crippen molar-refractivity contribution in [1.29, 1.82) is 0 Å². The van der Waals surface area contributed by atoms with Crippen LogP contribution in [0.2, 0.25) is 5.02 Å². The van der Waals surface area contributed by atoms with E-state index in [1.807, 2.05) is 30.6 Å². The van der Waals surface area contributed by atoms with Crippen LogP contribution in [0.25, 0.3) is 22.2 Å². The van der Waals surface area contributed by atoms with Crippen molar-refractivity contribution < 1.29 is 4.79 Å². The number of carbonyl (C=O) groups excluding carboxylic acids is 1.